The summed E-state index contributed by atoms with van der Waals surface area (Å²) < 4.78 is 5.08. The van der Waals surface area contributed by atoms with Gasteiger partial charge >= 0.3 is 5.97 Å². The molecule has 0 atom stereocenters. The van der Waals surface area contributed by atoms with Crippen LogP contribution in [0.4, 0.5) is 0 Å². The molecule has 2 aromatic carbocycles. The molecule has 0 saturated carbocycles. The zero-order chi connectivity index (χ0) is 19.0. The van der Waals surface area contributed by atoms with Crippen LogP contribution in [0, 0.1) is 0 Å². The van der Waals surface area contributed by atoms with Gasteiger partial charge in [0.25, 0.3) is 0 Å². The molecule has 0 saturated heterocycles. The molecule has 0 amide bonds. The van der Waals surface area contributed by atoms with Crippen molar-refractivity contribution in [2.45, 2.75) is 58.0 Å². The van der Waals surface area contributed by atoms with Crippen LogP contribution in [0.25, 0.3) is 0 Å². The largest absolute Gasteiger partial charge is 0.466 e. The molecule has 0 spiro atoms. The minimum atomic E-state index is -1.99. The van der Waals surface area contributed by atoms with Crippen molar-refractivity contribution in [3.8, 4) is 0 Å². The van der Waals surface area contributed by atoms with Crippen molar-refractivity contribution in [2.75, 3.05) is 6.61 Å². The number of hydrogen-bond donors (Lipinski definition) is 0. The number of unbranched alkanes of at least 4 members (excludes halogenated alkanes) is 1. The van der Waals surface area contributed by atoms with E-state index < -0.39 is 8.07 Å². The van der Waals surface area contributed by atoms with E-state index in [1.54, 1.807) is 0 Å². The lowest BCUT2D eigenvalue weighted by Gasteiger charge is -2.44. The fourth-order valence-electron chi connectivity index (χ4n) is 4.03. The predicted molar refractivity (Wildman–Crippen MR) is 113 cm³/mol. The Morgan fingerprint density at radius 1 is 0.885 bits per heavy atom. The van der Waals surface area contributed by atoms with Gasteiger partial charge in [-0.1, -0.05) is 98.2 Å². The van der Waals surface area contributed by atoms with Crippen LogP contribution in [0.3, 0.4) is 0 Å². The summed E-state index contributed by atoms with van der Waals surface area (Å²) in [5.74, 6) is -0.0741. The first kappa shape index (κ1) is 20.4. The van der Waals surface area contributed by atoms with E-state index in [-0.39, 0.29) is 11.0 Å². The Bertz CT molecular complexity index is 635. The van der Waals surface area contributed by atoms with E-state index >= 15 is 0 Å². The van der Waals surface area contributed by atoms with Crippen LogP contribution in [-0.2, 0) is 9.53 Å². The third kappa shape index (κ3) is 4.64. The fraction of sp³-hybridized carbons (Fsp3) is 0.435. The third-order valence-corrected chi connectivity index (χ3v) is 11.6. The van der Waals surface area contributed by atoms with Gasteiger partial charge in [-0.3, -0.25) is 4.79 Å². The molecule has 0 heterocycles. The minimum Gasteiger partial charge on any atom is -0.466 e. The Morgan fingerprint density at radius 2 is 1.38 bits per heavy atom. The van der Waals surface area contributed by atoms with E-state index in [1.807, 2.05) is 6.92 Å². The van der Waals surface area contributed by atoms with Crippen LogP contribution in [0.2, 0.25) is 11.1 Å². The minimum absolute atomic E-state index is 0.0741. The number of ether oxygens (including phenoxy) is 1. The molecule has 0 bridgehead atoms. The zero-order valence-corrected chi connectivity index (χ0v) is 17.6. The lowest BCUT2D eigenvalue weighted by Crippen LogP contribution is -2.64. The van der Waals surface area contributed by atoms with E-state index in [9.17, 15) is 4.79 Å². The number of hydrogen-bond acceptors (Lipinski definition) is 2. The molecule has 0 N–H and O–H groups in total. The second-order valence-electron chi connectivity index (χ2n) is 7.90. The van der Waals surface area contributed by atoms with Crippen molar-refractivity contribution in [1.29, 1.82) is 0 Å². The predicted octanol–water partition coefficient (Wildman–Crippen LogP) is 4.78. The van der Waals surface area contributed by atoms with E-state index in [4.69, 9.17) is 4.74 Å². The molecule has 2 rings (SSSR count). The van der Waals surface area contributed by atoms with Gasteiger partial charge in [-0.25, -0.2) is 0 Å². The van der Waals surface area contributed by atoms with Gasteiger partial charge in [0, 0.05) is 6.42 Å². The molecule has 2 aromatic rings. The normalized spacial score (nSPS) is 12.0. The van der Waals surface area contributed by atoms with Crippen molar-refractivity contribution < 1.29 is 9.53 Å². The van der Waals surface area contributed by atoms with Gasteiger partial charge in [-0.05, 0) is 24.4 Å². The second kappa shape index (κ2) is 9.18. The molecule has 0 aliphatic carbocycles. The average Bonchev–Trinajstić information content (AvgIpc) is 2.62. The molecule has 0 fully saturated rings. The molecule has 26 heavy (non-hydrogen) atoms. The Morgan fingerprint density at radius 3 is 1.81 bits per heavy atom. The van der Waals surface area contributed by atoms with Crippen LogP contribution in [0.15, 0.2) is 60.7 Å². The first-order valence-electron chi connectivity index (χ1n) is 9.68. The van der Waals surface area contributed by atoms with E-state index in [1.165, 1.54) is 10.4 Å². The molecular weight excluding hydrogens is 336 g/mol. The van der Waals surface area contributed by atoms with E-state index in [0.29, 0.717) is 13.0 Å². The number of esters is 1. The standard InChI is InChI=1S/C23H32O2Si/c1-5-25-22(24)18-12-13-19-26(23(2,3)4,20-14-8-6-9-15-20)21-16-10-7-11-17-21/h6-11,14-17H,5,12-13,18-19H2,1-4H3. The van der Waals surface area contributed by atoms with E-state index in [2.05, 4.69) is 81.4 Å². The topological polar surface area (TPSA) is 26.3 Å². The Labute approximate surface area is 159 Å². The molecule has 140 valence electrons. The molecule has 0 radical (unpaired) electrons. The summed E-state index contributed by atoms with van der Waals surface area (Å²) in [4.78, 5) is 11.7. The molecular formula is C23H32O2Si. The maximum atomic E-state index is 11.7. The van der Waals surface area contributed by atoms with Gasteiger partial charge in [0.1, 0.15) is 8.07 Å². The summed E-state index contributed by atoms with van der Waals surface area (Å²) >= 11 is 0. The van der Waals surface area contributed by atoms with Crippen molar-refractivity contribution >= 4 is 24.4 Å². The summed E-state index contributed by atoms with van der Waals surface area (Å²) in [6.07, 6.45) is 2.46. The van der Waals surface area contributed by atoms with Gasteiger partial charge in [0.2, 0.25) is 0 Å². The highest BCUT2D eigenvalue weighted by molar-refractivity contribution is 7.04. The smallest absolute Gasteiger partial charge is 0.305 e. The van der Waals surface area contributed by atoms with Gasteiger partial charge in [0.15, 0.2) is 0 Å². The number of carbonyl (C=O) groups is 1. The summed E-state index contributed by atoms with van der Waals surface area (Å²) in [6, 6.07) is 23.2. The van der Waals surface area contributed by atoms with Crippen molar-refractivity contribution in [3.63, 3.8) is 0 Å². The van der Waals surface area contributed by atoms with Gasteiger partial charge in [-0.15, -0.1) is 0 Å². The van der Waals surface area contributed by atoms with Crippen molar-refractivity contribution in [3.05, 3.63) is 60.7 Å². The van der Waals surface area contributed by atoms with E-state index in [0.717, 1.165) is 18.9 Å². The summed E-state index contributed by atoms with van der Waals surface area (Å²) in [7, 11) is -1.99. The maximum Gasteiger partial charge on any atom is 0.305 e. The highest BCUT2D eigenvalue weighted by Gasteiger charge is 2.46. The van der Waals surface area contributed by atoms with Crippen LogP contribution < -0.4 is 10.4 Å². The fourth-order valence-corrected chi connectivity index (χ4v) is 9.73. The summed E-state index contributed by atoms with van der Waals surface area (Å²) in [6.45, 7) is 9.47. The Kier molecular flexibility index (Phi) is 7.21. The van der Waals surface area contributed by atoms with Gasteiger partial charge in [0.05, 0.1) is 6.61 Å². The second-order valence-corrected chi connectivity index (χ2v) is 12.9. The molecule has 3 heteroatoms. The highest BCUT2D eigenvalue weighted by Crippen LogP contribution is 2.39. The van der Waals surface area contributed by atoms with Crippen LogP contribution in [0.5, 0.6) is 0 Å². The quantitative estimate of drug-likeness (QED) is 0.381. The van der Waals surface area contributed by atoms with Crippen molar-refractivity contribution in [2.24, 2.45) is 0 Å². The average molecular weight is 369 g/mol. The highest BCUT2D eigenvalue weighted by atomic mass is 28.3. The first-order valence-corrected chi connectivity index (χ1v) is 11.9. The van der Waals surface area contributed by atoms with Crippen LogP contribution in [-0.4, -0.2) is 20.7 Å². The van der Waals surface area contributed by atoms with Crippen molar-refractivity contribution in [1.82, 2.24) is 0 Å². The summed E-state index contributed by atoms with van der Waals surface area (Å²) in [5, 5.41) is 3.14. The first-order chi connectivity index (χ1) is 12.4. The van der Waals surface area contributed by atoms with Gasteiger partial charge < -0.3 is 4.74 Å². The lowest BCUT2D eigenvalue weighted by atomic mass is 10.2. The third-order valence-electron chi connectivity index (χ3n) is 5.30. The number of rotatable bonds is 8. The summed E-state index contributed by atoms with van der Waals surface area (Å²) in [5.41, 5.74) is 0. The van der Waals surface area contributed by atoms with Gasteiger partial charge in [-0.2, -0.15) is 0 Å². The number of benzene rings is 2. The Hall–Kier alpha value is -1.87. The number of carbonyl (C=O) groups excluding carboxylic acids is 1. The lowest BCUT2D eigenvalue weighted by molar-refractivity contribution is -0.143. The van der Waals surface area contributed by atoms with Crippen LogP contribution >= 0.6 is 0 Å². The maximum absolute atomic E-state index is 11.7. The monoisotopic (exact) mass is 368 g/mol. The molecule has 0 aliphatic heterocycles. The molecule has 0 aromatic heterocycles. The molecule has 0 aliphatic rings. The zero-order valence-electron chi connectivity index (χ0n) is 16.6. The Balaban J connectivity index is 2.33. The van der Waals surface area contributed by atoms with Crippen LogP contribution in [0.1, 0.15) is 47.0 Å². The molecule has 0 unspecified atom stereocenters. The SMILES string of the molecule is CCOC(=O)CCCC[Si](c1ccccc1)(c1ccccc1)C(C)(C)C. The molecule has 2 nitrogen and oxygen atoms in total.